The molecule has 3 rings (SSSR count). The lowest BCUT2D eigenvalue weighted by atomic mass is 10.0. The Labute approximate surface area is 201 Å². The molecule has 7 nitrogen and oxygen atoms in total. The van der Waals surface area contributed by atoms with Crippen LogP contribution in [0.3, 0.4) is 0 Å². The number of rotatable bonds is 7. The predicted molar refractivity (Wildman–Crippen MR) is 126 cm³/mol. The number of fused-ring (bicyclic) bond motifs is 1. The Morgan fingerprint density at radius 3 is 2.17 bits per heavy atom. The van der Waals surface area contributed by atoms with Crippen molar-refractivity contribution >= 4 is 34.7 Å². The van der Waals surface area contributed by atoms with Gasteiger partial charge in [0.2, 0.25) is 11.8 Å². The van der Waals surface area contributed by atoms with E-state index in [4.69, 9.17) is 11.6 Å². The number of halogens is 3. The summed E-state index contributed by atoms with van der Waals surface area (Å²) < 4.78 is 40.6. The number of amides is 3. The first-order chi connectivity index (χ1) is 16.3. The van der Waals surface area contributed by atoms with Crippen LogP contribution in [-0.4, -0.2) is 22.7 Å². The molecule has 2 aromatic carbocycles. The van der Waals surface area contributed by atoms with Crippen LogP contribution >= 0.6 is 0 Å². The van der Waals surface area contributed by atoms with E-state index >= 15 is 0 Å². The summed E-state index contributed by atoms with van der Waals surface area (Å²) in [7, 11) is 0. The number of anilines is 2. The number of nitrogens with zero attached hydrogens (tertiary/aromatic N) is 2. The Kier molecular flexibility index (Phi) is 7.35. The lowest BCUT2D eigenvalue weighted by Crippen LogP contribution is -2.38. The Morgan fingerprint density at radius 2 is 1.63 bits per heavy atom. The summed E-state index contributed by atoms with van der Waals surface area (Å²) in [5.41, 5.74) is 6.79. The van der Waals surface area contributed by atoms with Crippen molar-refractivity contribution in [2.45, 2.75) is 52.6 Å². The predicted octanol–water partition coefficient (Wildman–Crippen LogP) is 4.48. The molecule has 0 atom stereocenters. The van der Waals surface area contributed by atoms with Crippen LogP contribution in [0.15, 0.2) is 42.1 Å². The molecular weight excluding hydrogens is 461 g/mol. The summed E-state index contributed by atoms with van der Waals surface area (Å²) in [6.45, 7) is 5.46. The quantitative estimate of drug-likeness (QED) is 0.259. The molecule has 1 aliphatic rings. The van der Waals surface area contributed by atoms with Crippen molar-refractivity contribution in [3.63, 3.8) is 0 Å². The van der Waals surface area contributed by atoms with Crippen LogP contribution in [0.4, 0.5) is 24.5 Å². The van der Waals surface area contributed by atoms with E-state index in [1.807, 2.05) is 26.8 Å². The molecule has 1 aliphatic heterocycles. The monoisotopic (exact) mass is 488 g/mol. The van der Waals surface area contributed by atoms with Gasteiger partial charge in [-0.3, -0.25) is 24.3 Å². The average molecular weight is 489 g/mol. The Balaban J connectivity index is 2.25. The van der Waals surface area contributed by atoms with Gasteiger partial charge in [0.05, 0.1) is 22.5 Å². The maximum atomic E-state index is 13.8. The lowest BCUT2D eigenvalue weighted by molar-refractivity contribution is -0.137. The van der Waals surface area contributed by atoms with E-state index in [1.165, 1.54) is 11.0 Å². The van der Waals surface area contributed by atoms with Gasteiger partial charge in [0.1, 0.15) is 0 Å². The molecule has 4 N–H and O–H groups in total. The third-order valence-corrected chi connectivity index (χ3v) is 5.64. The second-order valence-electron chi connectivity index (χ2n) is 8.52. The zero-order chi connectivity index (χ0) is 26.1. The Hall–Kier alpha value is -3.66. The van der Waals surface area contributed by atoms with Crippen LogP contribution in [0.2, 0.25) is 0 Å². The van der Waals surface area contributed by atoms with E-state index in [0.717, 1.165) is 28.3 Å². The second kappa shape index (κ2) is 9.91. The summed E-state index contributed by atoms with van der Waals surface area (Å²) in [5, 5.41) is 0.812. The van der Waals surface area contributed by atoms with Gasteiger partial charge in [-0.15, -0.1) is 0 Å². The summed E-state index contributed by atoms with van der Waals surface area (Å²) in [4.78, 5) is 38.8. The summed E-state index contributed by atoms with van der Waals surface area (Å²) in [6.07, 6.45) is -4.39. The van der Waals surface area contributed by atoms with Gasteiger partial charge in [-0.1, -0.05) is 25.5 Å². The number of aryl methyl sites for hydroxylation is 2. The number of hydrogen-bond donors (Lipinski definition) is 2. The summed E-state index contributed by atoms with van der Waals surface area (Å²) in [6, 6.07) is 8.35. The number of carbonyl (C=O) groups excluding carboxylic acids is 3. The molecule has 0 spiro atoms. The van der Waals surface area contributed by atoms with Gasteiger partial charge >= 0.3 is 6.18 Å². The fourth-order valence-corrected chi connectivity index (χ4v) is 4.16. The van der Waals surface area contributed by atoms with Crippen LogP contribution in [0.1, 0.15) is 54.9 Å². The normalized spacial score (nSPS) is 14.7. The van der Waals surface area contributed by atoms with Gasteiger partial charge in [-0.05, 0) is 55.7 Å². The van der Waals surface area contributed by atoms with Crippen LogP contribution < -0.4 is 16.5 Å². The highest BCUT2D eigenvalue weighted by Gasteiger charge is 2.40. The molecule has 0 fully saturated rings. The molecule has 35 heavy (non-hydrogen) atoms. The maximum Gasteiger partial charge on any atom is 0.416 e. The lowest BCUT2D eigenvalue weighted by Gasteiger charge is -2.22. The number of primary amides is 1. The SMILES string of the molecule is CCC/C(=C1/C(=O)N(c2cc(C)cc(C)c2)c2cc(C(F)(F)F)ccc21)N(N)C(=O)CCC(N)=O. The second-order valence-corrected chi connectivity index (χ2v) is 8.52. The van der Waals surface area contributed by atoms with Gasteiger partial charge in [0.15, 0.2) is 0 Å². The maximum absolute atomic E-state index is 13.8. The van der Waals surface area contributed by atoms with Crippen LogP contribution in [0.5, 0.6) is 0 Å². The van der Waals surface area contributed by atoms with Crippen LogP contribution in [0.25, 0.3) is 5.57 Å². The first-order valence-electron chi connectivity index (χ1n) is 11.1. The fraction of sp³-hybridized carbons (Fsp3) is 0.320. The number of allylic oxidation sites excluding steroid dienone is 1. The molecule has 0 unspecified atom stereocenters. The van der Waals surface area contributed by atoms with Crippen molar-refractivity contribution in [2.24, 2.45) is 11.6 Å². The van der Waals surface area contributed by atoms with E-state index in [1.54, 1.807) is 12.1 Å². The van der Waals surface area contributed by atoms with Gasteiger partial charge in [0.25, 0.3) is 5.91 Å². The van der Waals surface area contributed by atoms with E-state index in [2.05, 4.69) is 0 Å². The van der Waals surface area contributed by atoms with E-state index in [0.29, 0.717) is 12.1 Å². The first kappa shape index (κ1) is 26.0. The number of nitrogens with two attached hydrogens (primary N) is 2. The van der Waals surface area contributed by atoms with Crippen molar-refractivity contribution in [2.75, 3.05) is 4.90 Å². The van der Waals surface area contributed by atoms with Crippen molar-refractivity contribution in [3.8, 4) is 0 Å². The van der Waals surface area contributed by atoms with Gasteiger partial charge in [-0.2, -0.15) is 13.2 Å². The minimum Gasteiger partial charge on any atom is -0.370 e. The van der Waals surface area contributed by atoms with Crippen LogP contribution in [0, 0.1) is 13.8 Å². The van der Waals surface area contributed by atoms with Crippen molar-refractivity contribution in [3.05, 3.63) is 64.3 Å². The standard InChI is InChI=1S/C25H27F3N4O3/c1-4-5-19(32(30)22(34)9-8-21(29)33)23-18-7-6-16(25(26,27)28)13-20(18)31(24(23)35)17-11-14(2)10-15(3)12-17/h6-7,10-13H,4-5,8-9,30H2,1-3H3,(H2,29,33)/b23-19-. The van der Waals surface area contributed by atoms with Crippen LogP contribution in [-0.2, 0) is 20.6 Å². The molecule has 3 amide bonds. The number of carbonyl (C=O) groups is 3. The minimum absolute atomic E-state index is 0.0460. The molecule has 0 aromatic heterocycles. The topological polar surface area (TPSA) is 110 Å². The molecule has 0 saturated carbocycles. The van der Waals surface area contributed by atoms with E-state index in [-0.39, 0.29) is 41.8 Å². The average Bonchev–Trinajstić information content (AvgIpc) is 3.04. The first-order valence-corrected chi connectivity index (χ1v) is 11.1. The van der Waals surface area contributed by atoms with Gasteiger partial charge < -0.3 is 5.73 Å². The Bertz CT molecular complexity index is 1200. The summed E-state index contributed by atoms with van der Waals surface area (Å²) in [5.74, 6) is 4.18. The zero-order valence-electron chi connectivity index (χ0n) is 19.7. The number of hydrogen-bond acceptors (Lipinski definition) is 4. The van der Waals surface area contributed by atoms with Crippen molar-refractivity contribution < 1.29 is 27.6 Å². The van der Waals surface area contributed by atoms with Crippen molar-refractivity contribution in [1.29, 1.82) is 0 Å². The van der Waals surface area contributed by atoms with Crippen molar-refractivity contribution in [1.82, 2.24) is 5.01 Å². The molecule has 0 aliphatic carbocycles. The highest BCUT2D eigenvalue weighted by atomic mass is 19.4. The largest absolute Gasteiger partial charge is 0.416 e. The molecule has 0 bridgehead atoms. The molecule has 0 radical (unpaired) electrons. The fourth-order valence-electron chi connectivity index (χ4n) is 4.16. The third-order valence-electron chi connectivity index (χ3n) is 5.64. The van der Waals surface area contributed by atoms with E-state index in [9.17, 15) is 27.6 Å². The highest BCUT2D eigenvalue weighted by molar-refractivity contribution is 6.35. The molecular formula is C25H27F3N4O3. The number of alkyl halides is 3. The molecule has 0 saturated heterocycles. The molecule has 10 heteroatoms. The smallest absolute Gasteiger partial charge is 0.370 e. The highest BCUT2D eigenvalue weighted by Crippen LogP contribution is 2.46. The number of hydrazine groups is 1. The number of benzene rings is 2. The van der Waals surface area contributed by atoms with E-state index < -0.39 is 29.5 Å². The summed E-state index contributed by atoms with van der Waals surface area (Å²) >= 11 is 0. The Morgan fingerprint density at radius 1 is 1.00 bits per heavy atom. The zero-order valence-corrected chi connectivity index (χ0v) is 19.7. The third kappa shape index (κ3) is 5.37. The molecule has 2 aromatic rings. The van der Waals surface area contributed by atoms with Gasteiger partial charge in [-0.25, -0.2) is 5.84 Å². The minimum atomic E-state index is -4.62. The molecule has 1 heterocycles. The molecule has 186 valence electrons. The van der Waals surface area contributed by atoms with Gasteiger partial charge in [0, 0.05) is 24.1 Å².